The van der Waals surface area contributed by atoms with E-state index < -0.39 is 0 Å². The molecule has 1 atom stereocenters. The van der Waals surface area contributed by atoms with Crippen molar-refractivity contribution < 1.29 is 9.59 Å². The number of Topliss-reactive ketones (excluding diaryl/α,β-unsaturated/α-hetero) is 1. The quantitative estimate of drug-likeness (QED) is 0.695. The number of nitrogens with zero attached hydrogens (tertiary/aromatic N) is 2. The third-order valence-corrected chi connectivity index (χ3v) is 3.46. The van der Waals surface area contributed by atoms with Gasteiger partial charge in [0.1, 0.15) is 5.78 Å². The van der Waals surface area contributed by atoms with Crippen molar-refractivity contribution in [2.75, 3.05) is 27.2 Å². The van der Waals surface area contributed by atoms with Gasteiger partial charge in [-0.05, 0) is 19.4 Å². The molecule has 1 amide bonds. The van der Waals surface area contributed by atoms with E-state index in [0.717, 1.165) is 32.2 Å². The van der Waals surface area contributed by atoms with Crippen LogP contribution in [0.4, 0.5) is 0 Å². The van der Waals surface area contributed by atoms with Crippen molar-refractivity contribution in [3.63, 3.8) is 0 Å². The average Bonchev–Trinajstić information content (AvgIpc) is 2.50. The number of amides is 1. The van der Waals surface area contributed by atoms with Gasteiger partial charge in [0.15, 0.2) is 0 Å². The van der Waals surface area contributed by atoms with Crippen LogP contribution >= 0.6 is 0 Å². The summed E-state index contributed by atoms with van der Waals surface area (Å²) in [5.41, 5.74) is 0. The van der Waals surface area contributed by atoms with Crippen LogP contribution in [0.25, 0.3) is 0 Å². The summed E-state index contributed by atoms with van der Waals surface area (Å²) in [6, 6.07) is -0.0357. The molecule has 17 heavy (non-hydrogen) atoms. The van der Waals surface area contributed by atoms with Gasteiger partial charge in [0.05, 0.1) is 12.6 Å². The van der Waals surface area contributed by atoms with E-state index in [1.807, 2.05) is 11.8 Å². The lowest BCUT2D eigenvalue weighted by Gasteiger charge is -2.29. The number of hydrogen-bond donors (Lipinski definition) is 0. The predicted molar refractivity (Wildman–Crippen MR) is 67.8 cm³/mol. The number of rotatable bonds is 4. The van der Waals surface area contributed by atoms with E-state index in [9.17, 15) is 9.59 Å². The Kier molecular flexibility index (Phi) is 5.62. The smallest absolute Gasteiger partial charge is 0.236 e. The molecule has 0 aliphatic heterocycles. The number of likely N-dealkylation sites (N-methyl/N-ethyl adjacent to an activating group) is 2. The minimum absolute atomic E-state index is 0.0357. The second-order valence-electron chi connectivity index (χ2n) is 4.93. The number of ketones is 1. The molecule has 1 unspecified atom stereocenters. The zero-order chi connectivity index (χ0) is 12.8. The summed E-state index contributed by atoms with van der Waals surface area (Å²) in [6.07, 6.45) is 4.84. The topological polar surface area (TPSA) is 40.6 Å². The zero-order valence-corrected chi connectivity index (χ0v) is 11.2. The maximum absolute atomic E-state index is 12.0. The fraction of sp³-hybridized carbons (Fsp3) is 0.846. The van der Waals surface area contributed by atoms with Crippen LogP contribution in [-0.2, 0) is 9.59 Å². The lowest BCUT2D eigenvalue weighted by molar-refractivity contribution is -0.132. The second kappa shape index (κ2) is 6.74. The Bertz CT molecular complexity index is 277. The van der Waals surface area contributed by atoms with Gasteiger partial charge in [-0.15, -0.1) is 0 Å². The third-order valence-electron chi connectivity index (χ3n) is 3.46. The summed E-state index contributed by atoms with van der Waals surface area (Å²) >= 11 is 0. The first kappa shape index (κ1) is 14.2. The minimum atomic E-state index is -0.0357. The number of carbonyl (C=O) groups is 2. The molecule has 1 rings (SSSR count). The summed E-state index contributed by atoms with van der Waals surface area (Å²) in [6.45, 7) is 3.14. The molecule has 4 nitrogen and oxygen atoms in total. The van der Waals surface area contributed by atoms with Gasteiger partial charge in [0.2, 0.25) is 5.91 Å². The summed E-state index contributed by atoms with van der Waals surface area (Å²) in [5.74, 6) is 0.389. The molecule has 0 saturated heterocycles. The molecule has 0 aromatic rings. The monoisotopic (exact) mass is 240 g/mol. The highest BCUT2D eigenvalue weighted by Gasteiger charge is 2.27. The number of hydrogen-bond acceptors (Lipinski definition) is 3. The highest BCUT2D eigenvalue weighted by molar-refractivity contribution is 5.85. The van der Waals surface area contributed by atoms with E-state index in [2.05, 4.69) is 0 Å². The molecule has 0 N–H and O–H groups in total. The number of carbonyl (C=O) groups excluding carboxylic acids is 2. The van der Waals surface area contributed by atoms with Gasteiger partial charge >= 0.3 is 0 Å². The van der Waals surface area contributed by atoms with Crippen LogP contribution in [0.2, 0.25) is 0 Å². The Hall–Kier alpha value is -0.900. The van der Waals surface area contributed by atoms with Crippen molar-refractivity contribution in [3.05, 3.63) is 0 Å². The van der Waals surface area contributed by atoms with Crippen LogP contribution in [0, 0.1) is 0 Å². The zero-order valence-electron chi connectivity index (χ0n) is 11.2. The van der Waals surface area contributed by atoms with Gasteiger partial charge < -0.3 is 4.90 Å². The van der Waals surface area contributed by atoms with E-state index in [-0.39, 0.29) is 11.9 Å². The summed E-state index contributed by atoms with van der Waals surface area (Å²) in [5, 5.41) is 0. The fourth-order valence-electron chi connectivity index (χ4n) is 2.29. The molecule has 0 aromatic carbocycles. The molecule has 1 aliphatic carbocycles. The van der Waals surface area contributed by atoms with Crippen molar-refractivity contribution in [1.29, 1.82) is 0 Å². The Morgan fingerprint density at radius 3 is 2.59 bits per heavy atom. The summed E-state index contributed by atoms with van der Waals surface area (Å²) in [4.78, 5) is 27.3. The summed E-state index contributed by atoms with van der Waals surface area (Å²) < 4.78 is 0. The van der Waals surface area contributed by atoms with Gasteiger partial charge in [-0.3, -0.25) is 14.5 Å². The lowest BCUT2D eigenvalue weighted by atomic mass is 10.1. The van der Waals surface area contributed by atoms with E-state index in [1.165, 1.54) is 0 Å². The molecule has 1 fully saturated rings. The molecular formula is C13H24N2O2. The van der Waals surface area contributed by atoms with E-state index in [0.29, 0.717) is 18.7 Å². The van der Waals surface area contributed by atoms with Gasteiger partial charge in [0.25, 0.3) is 0 Å². The third kappa shape index (κ3) is 4.11. The molecule has 0 heterocycles. The van der Waals surface area contributed by atoms with Gasteiger partial charge in [-0.2, -0.15) is 0 Å². The Morgan fingerprint density at radius 2 is 2.00 bits per heavy atom. The normalized spacial score (nSPS) is 21.4. The predicted octanol–water partition coefficient (Wildman–Crippen LogP) is 1.30. The van der Waals surface area contributed by atoms with Crippen LogP contribution < -0.4 is 0 Å². The molecule has 4 heteroatoms. The van der Waals surface area contributed by atoms with Crippen molar-refractivity contribution in [1.82, 2.24) is 9.80 Å². The largest absolute Gasteiger partial charge is 0.348 e. The van der Waals surface area contributed by atoms with Crippen LogP contribution in [0.15, 0.2) is 0 Å². The van der Waals surface area contributed by atoms with Crippen LogP contribution in [0.3, 0.4) is 0 Å². The molecule has 98 valence electrons. The molecule has 0 bridgehead atoms. The fourth-order valence-corrected chi connectivity index (χ4v) is 2.29. The maximum Gasteiger partial charge on any atom is 0.236 e. The van der Waals surface area contributed by atoms with Crippen molar-refractivity contribution in [3.8, 4) is 0 Å². The van der Waals surface area contributed by atoms with Gasteiger partial charge in [-0.25, -0.2) is 0 Å². The van der Waals surface area contributed by atoms with Crippen molar-refractivity contribution in [2.45, 2.75) is 45.1 Å². The Balaban J connectivity index is 2.64. The average molecular weight is 240 g/mol. The SMILES string of the molecule is CCN(CC(=O)N(C)C)C1CCCCCC1=O. The molecule has 1 aliphatic rings. The summed E-state index contributed by atoms with van der Waals surface area (Å²) in [7, 11) is 3.51. The lowest BCUT2D eigenvalue weighted by Crippen LogP contribution is -2.45. The second-order valence-corrected chi connectivity index (χ2v) is 4.93. The maximum atomic E-state index is 12.0. The highest BCUT2D eigenvalue weighted by atomic mass is 16.2. The minimum Gasteiger partial charge on any atom is -0.348 e. The first-order chi connectivity index (χ1) is 8.06. The molecule has 1 saturated carbocycles. The van der Waals surface area contributed by atoms with E-state index in [4.69, 9.17) is 0 Å². The van der Waals surface area contributed by atoms with Crippen LogP contribution in [0.5, 0.6) is 0 Å². The van der Waals surface area contributed by atoms with E-state index in [1.54, 1.807) is 19.0 Å². The van der Waals surface area contributed by atoms with Crippen LogP contribution in [-0.4, -0.2) is 54.7 Å². The van der Waals surface area contributed by atoms with Gasteiger partial charge in [-0.1, -0.05) is 19.8 Å². The Morgan fingerprint density at radius 1 is 1.29 bits per heavy atom. The standard InChI is InChI=1S/C13H24N2O2/c1-4-15(10-13(17)14(2)3)11-8-6-5-7-9-12(11)16/h11H,4-10H2,1-3H3. The van der Waals surface area contributed by atoms with Crippen LogP contribution in [0.1, 0.15) is 39.0 Å². The first-order valence-electron chi connectivity index (χ1n) is 6.53. The van der Waals surface area contributed by atoms with Gasteiger partial charge in [0, 0.05) is 20.5 Å². The van der Waals surface area contributed by atoms with Crippen molar-refractivity contribution in [2.24, 2.45) is 0 Å². The van der Waals surface area contributed by atoms with E-state index >= 15 is 0 Å². The van der Waals surface area contributed by atoms with Crippen molar-refractivity contribution >= 4 is 11.7 Å². The molecule has 0 spiro atoms. The molecule has 0 aromatic heterocycles. The highest BCUT2D eigenvalue weighted by Crippen LogP contribution is 2.19. The molecular weight excluding hydrogens is 216 g/mol. The molecule has 0 radical (unpaired) electrons. The Labute approximate surface area is 104 Å². The first-order valence-corrected chi connectivity index (χ1v) is 6.53.